The van der Waals surface area contributed by atoms with Gasteiger partial charge in [0.1, 0.15) is 22.0 Å². The van der Waals surface area contributed by atoms with E-state index < -0.39 is 21.5 Å². The van der Waals surface area contributed by atoms with E-state index in [1.807, 2.05) is 0 Å². The average Bonchev–Trinajstić information content (AvgIpc) is 3.14. The van der Waals surface area contributed by atoms with Crippen LogP contribution in [0.2, 0.25) is 5.02 Å². The fraction of sp³-hybridized carbons (Fsp3) is 0.381. The number of ether oxygens (including phenoxy) is 1. The van der Waals surface area contributed by atoms with Crippen LogP contribution in [-0.2, 0) is 21.4 Å². The second kappa shape index (κ2) is 9.41. The predicted molar refractivity (Wildman–Crippen MR) is 128 cm³/mol. The zero-order chi connectivity index (χ0) is 23.8. The number of nitrogens with one attached hydrogen (secondary N) is 1. The maximum Gasteiger partial charge on any atom is 0.263 e. The summed E-state index contributed by atoms with van der Waals surface area (Å²) in [6.45, 7) is 2.21. The fourth-order valence-corrected chi connectivity index (χ4v) is 7.31. The molecule has 12 heteroatoms. The molecule has 0 saturated carbocycles. The molecule has 0 spiro atoms. The van der Waals surface area contributed by atoms with Crippen LogP contribution in [0, 0.1) is 6.92 Å². The Kier molecular flexibility index (Phi) is 6.76. The van der Waals surface area contributed by atoms with Gasteiger partial charge in [-0.3, -0.25) is 14.2 Å². The van der Waals surface area contributed by atoms with Crippen molar-refractivity contribution in [3.05, 3.63) is 44.8 Å². The number of sulfonamides is 1. The molecule has 33 heavy (non-hydrogen) atoms. The lowest BCUT2D eigenvalue weighted by Gasteiger charge is -2.25. The molecule has 0 unspecified atom stereocenters. The van der Waals surface area contributed by atoms with Gasteiger partial charge >= 0.3 is 0 Å². The Hall–Kier alpha value is -2.47. The Bertz CT molecular complexity index is 1380. The smallest absolute Gasteiger partial charge is 0.263 e. The van der Waals surface area contributed by atoms with E-state index in [4.69, 9.17) is 16.3 Å². The molecule has 1 aliphatic heterocycles. The summed E-state index contributed by atoms with van der Waals surface area (Å²) in [5.74, 6) is -0.0114. The predicted octanol–water partition coefficient (Wildman–Crippen LogP) is 3.24. The minimum atomic E-state index is -3.84. The first kappa shape index (κ1) is 23.7. The van der Waals surface area contributed by atoms with Crippen molar-refractivity contribution in [3.63, 3.8) is 0 Å². The number of piperidine rings is 1. The molecule has 3 heterocycles. The van der Waals surface area contributed by atoms with E-state index in [2.05, 4.69) is 10.3 Å². The zero-order valence-electron chi connectivity index (χ0n) is 18.1. The molecule has 1 saturated heterocycles. The highest BCUT2D eigenvalue weighted by Crippen LogP contribution is 2.33. The van der Waals surface area contributed by atoms with Crippen molar-refractivity contribution in [1.82, 2.24) is 13.9 Å². The first-order valence-corrected chi connectivity index (χ1v) is 13.0. The minimum absolute atomic E-state index is 0.00130. The number of hydrogen-bond donors (Lipinski definition) is 1. The molecule has 1 amide bonds. The molecule has 9 nitrogen and oxygen atoms in total. The second-order valence-electron chi connectivity index (χ2n) is 7.71. The van der Waals surface area contributed by atoms with Gasteiger partial charge in [-0.1, -0.05) is 18.0 Å². The van der Waals surface area contributed by atoms with Crippen molar-refractivity contribution in [2.24, 2.45) is 0 Å². The molecule has 3 aromatic rings. The van der Waals surface area contributed by atoms with Crippen LogP contribution in [0.3, 0.4) is 0 Å². The number of aryl methyl sites for hydroxylation is 1. The van der Waals surface area contributed by atoms with Gasteiger partial charge < -0.3 is 10.1 Å². The SMILES string of the molecule is COc1ccc(NC(=O)Cn2cnc3sc(C)c(S(=O)(=O)N4CCCCC4)c3c2=O)cc1Cl. The van der Waals surface area contributed by atoms with Crippen LogP contribution in [0.1, 0.15) is 24.1 Å². The largest absolute Gasteiger partial charge is 0.495 e. The molecule has 0 aliphatic carbocycles. The summed E-state index contributed by atoms with van der Waals surface area (Å²) in [5, 5.41) is 3.03. The van der Waals surface area contributed by atoms with E-state index >= 15 is 0 Å². The summed E-state index contributed by atoms with van der Waals surface area (Å²) < 4.78 is 34.3. The number of carbonyl (C=O) groups excluding carboxylic acids is 1. The van der Waals surface area contributed by atoms with Crippen LogP contribution >= 0.6 is 22.9 Å². The second-order valence-corrected chi connectivity index (χ2v) is 11.2. The molecule has 0 bridgehead atoms. The van der Waals surface area contributed by atoms with Crippen LogP contribution in [0.15, 0.2) is 34.2 Å². The summed E-state index contributed by atoms with van der Waals surface area (Å²) in [7, 11) is -2.35. The minimum Gasteiger partial charge on any atom is -0.495 e. The van der Waals surface area contributed by atoms with Gasteiger partial charge in [0, 0.05) is 23.7 Å². The average molecular weight is 511 g/mol. The van der Waals surface area contributed by atoms with Gasteiger partial charge in [-0.05, 0) is 38.0 Å². The number of carbonyl (C=O) groups is 1. The highest BCUT2D eigenvalue weighted by atomic mass is 35.5. The van der Waals surface area contributed by atoms with Crippen LogP contribution in [0.25, 0.3) is 10.2 Å². The summed E-state index contributed by atoms with van der Waals surface area (Å²) >= 11 is 7.25. The van der Waals surface area contributed by atoms with Crippen molar-refractivity contribution in [2.45, 2.75) is 37.6 Å². The van der Waals surface area contributed by atoms with Crippen molar-refractivity contribution in [1.29, 1.82) is 0 Å². The maximum absolute atomic E-state index is 13.3. The molecule has 1 aromatic carbocycles. The van der Waals surface area contributed by atoms with Crippen LogP contribution in [0.5, 0.6) is 5.75 Å². The van der Waals surface area contributed by atoms with Crippen molar-refractivity contribution >= 4 is 54.8 Å². The molecule has 176 valence electrons. The number of benzene rings is 1. The van der Waals surface area contributed by atoms with Crippen LogP contribution in [0.4, 0.5) is 5.69 Å². The Morgan fingerprint density at radius 1 is 1.27 bits per heavy atom. The van der Waals surface area contributed by atoms with E-state index in [0.717, 1.165) is 35.2 Å². The number of anilines is 1. The number of thiophene rings is 1. The highest BCUT2D eigenvalue weighted by molar-refractivity contribution is 7.89. The summed E-state index contributed by atoms with van der Waals surface area (Å²) in [6.07, 6.45) is 3.83. The number of amides is 1. The van der Waals surface area contributed by atoms with Gasteiger partial charge in [0.15, 0.2) is 0 Å². The van der Waals surface area contributed by atoms with E-state index in [1.165, 1.54) is 23.8 Å². The lowest BCUT2D eigenvalue weighted by molar-refractivity contribution is -0.116. The summed E-state index contributed by atoms with van der Waals surface area (Å²) in [6, 6.07) is 4.77. The number of aromatic nitrogens is 2. The normalized spacial score (nSPS) is 15.0. The number of halogens is 1. The van der Waals surface area contributed by atoms with Gasteiger partial charge in [-0.25, -0.2) is 13.4 Å². The molecule has 2 aromatic heterocycles. The topological polar surface area (TPSA) is 111 Å². The van der Waals surface area contributed by atoms with Gasteiger partial charge in [-0.2, -0.15) is 4.31 Å². The molecule has 1 aliphatic rings. The monoisotopic (exact) mass is 510 g/mol. The third kappa shape index (κ3) is 4.63. The number of hydrogen-bond acceptors (Lipinski definition) is 7. The lowest BCUT2D eigenvalue weighted by Crippen LogP contribution is -2.36. The van der Waals surface area contributed by atoms with E-state index in [-0.39, 0.29) is 16.8 Å². The Balaban J connectivity index is 1.65. The maximum atomic E-state index is 13.3. The Morgan fingerprint density at radius 2 is 2.00 bits per heavy atom. The van der Waals surface area contributed by atoms with Gasteiger partial charge in [0.2, 0.25) is 15.9 Å². The fourth-order valence-electron chi connectivity index (χ4n) is 3.87. The van der Waals surface area contributed by atoms with Crippen LogP contribution < -0.4 is 15.6 Å². The van der Waals surface area contributed by atoms with E-state index in [0.29, 0.717) is 39.3 Å². The summed E-state index contributed by atoms with van der Waals surface area (Å²) in [5.41, 5.74) is -0.129. The molecule has 0 radical (unpaired) electrons. The lowest BCUT2D eigenvalue weighted by atomic mass is 10.2. The number of rotatable bonds is 6. The number of nitrogens with zero attached hydrogens (tertiary/aromatic N) is 3. The molecule has 0 atom stereocenters. The summed E-state index contributed by atoms with van der Waals surface area (Å²) in [4.78, 5) is 30.9. The first-order valence-electron chi connectivity index (χ1n) is 10.3. The van der Waals surface area contributed by atoms with Crippen molar-refractivity contribution in [2.75, 3.05) is 25.5 Å². The molecule has 4 rings (SSSR count). The van der Waals surface area contributed by atoms with Crippen LogP contribution in [-0.4, -0.2) is 48.4 Å². The Morgan fingerprint density at radius 3 is 2.67 bits per heavy atom. The van der Waals surface area contributed by atoms with Gasteiger partial charge in [0.25, 0.3) is 5.56 Å². The number of fused-ring (bicyclic) bond motifs is 1. The molecule has 1 fully saturated rings. The van der Waals surface area contributed by atoms with E-state index in [1.54, 1.807) is 19.1 Å². The number of methoxy groups -OCH3 is 1. The van der Waals surface area contributed by atoms with Gasteiger partial charge in [-0.15, -0.1) is 11.3 Å². The molecular formula is C21H23ClN4O5S2. The molecule has 1 N–H and O–H groups in total. The van der Waals surface area contributed by atoms with E-state index in [9.17, 15) is 18.0 Å². The van der Waals surface area contributed by atoms with Gasteiger partial charge in [0.05, 0.1) is 23.8 Å². The third-order valence-corrected chi connectivity index (χ3v) is 8.97. The van der Waals surface area contributed by atoms with Crippen molar-refractivity contribution < 1.29 is 17.9 Å². The zero-order valence-corrected chi connectivity index (χ0v) is 20.5. The van der Waals surface area contributed by atoms with Crippen molar-refractivity contribution in [3.8, 4) is 5.75 Å². The quantitative estimate of drug-likeness (QED) is 0.545. The highest BCUT2D eigenvalue weighted by Gasteiger charge is 2.32. The first-order chi connectivity index (χ1) is 15.7. The molecular weight excluding hydrogens is 488 g/mol. The third-order valence-electron chi connectivity index (χ3n) is 5.46. The Labute approximate surface area is 200 Å². The standard InChI is InChI=1S/C21H23ClN4O5S2/c1-13-19(33(29,30)26-8-4-3-5-9-26)18-20(32-13)23-12-25(21(18)28)11-17(27)24-14-6-7-16(31-2)15(22)10-14/h6-7,10,12H,3-5,8-9,11H2,1-2H3,(H,24,27).